The molecule has 2 atom stereocenters. The highest BCUT2D eigenvalue weighted by molar-refractivity contribution is 9.10. The van der Waals surface area contributed by atoms with Gasteiger partial charge in [-0.15, -0.1) is 0 Å². The number of carbonyl (C=O) groups is 1. The van der Waals surface area contributed by atoms with Crippen molar-refractivity contribution < 1.29 is 14.3 Å². The van der Waals surface area contributed by atoms with Gasteiger partial charge in [-0.25, -0.2) is 9.97 Å². The maximum atomic E-state index is 12.4. The summed E-state index contributed by atoms with van der Waals surface area (Å²) in [7, 11) is 1.54. The lowest BCUT2D eigenvalue weighted by Crippen LogP contribution is -2.45. The number of hydrogen-bond acceptors (Lipinski definition) is 6. The number of carbonyl (C=O) groups excluding carboxylic acids is 1. The van der Waals surface area contributed by atoms with Crippen LogP contribution in [0, 0.1) is 0 Å². The van der Waals surface area contributed by atoms with Gasteiger partial charge in [-0.05, 0) is 48.0 Å². The molecule has 7 nitrogen and oxygen atoms in total. The van der Waals surface area contributed by atoms with Crippen molar-refractivity contribution in [3.05, 3.63) is 40.6 Å². The Morgan fingerprint density at radius 2 is 2.00 bits per heavy atom. The summed E-state index contributed by atoms with van der Waals surface area (Å²) in [5.74, 6) is 1.06. The van der Waals surface area contributed by atoms with E-state index in [-0.39, 0.29) is 18.1 Å². The van der Waals surface area contributed by atoms with Gasteiger partial charge < -0.3 is 19.7 Å². The molecule has 2 aromatic heterocycles. The SMILES string of the molecule is COc1ncc(NC(=O)c2ccc(N3CC(C)OC(C)C3)nc2)cc1Br. The zero-order chi connectivity index (χ0) is 18.7. The third-order valence-corrected chi connectivity index (χ3v) is 4.58. The number of anilines is 2. The fourth-order valence-corrected chi connectivity index (χ4v) is 3.43. The first-order valence-corrected chi connectivity index (χ1v) is 9.13. The number of ether oxygens (including phenoxy) is 2. The second-order valence-electron chi connectivity index (χ2n) is 6.24. The molecule has 26 heavy (non-hydrogen) atoms. The third kappa shape index (κ3) is 4.31. The lowest BCUT2D eigenvalue weighted by atomic mass is 10.2. The van der Waals surface area contributed by atoms with Gasteiger partial charge in [0.1, 0.15) is 5.82 Å². The monoisotopic (exact) mass is 420 g/mol. The minimum absolute atomic E-state index is 0.157. The molecule has 2 unspecified atom stereocenters. The summed E-state index contributed by atoms with van der Waals surface area (Å²) in [5, 5.41) is 2.80. The first-order valence-electron chi connectivity index (χ1n) is 8.33. The highest BCUT2D eigenvalue weighted by Crippen LogP contribution is 2.25. The summed E-state index contributed by atoms with van der Waals surface area (Å²) in [6, 6.07) is 5.37. The lowest BCUT2D eigenvalue weighted by molar-refractivity contribution is -0.00546. The van der Waals surface area contributed by atoms with Crippen molar-refractivity contribution in [1.29, 1.82) is 0 Å². The molecule has 1 aliphatic heterocycles. The second-order valence-corrected chi connectivity index (χ2v) is 7.09. The Hall–Kier alpha value is -2.19. The van der Waals surface area contributed by atoms with Gasteiger partial charge in [0.15, 0.2) is 0 Å². The van der Waals surface area contributed by atoms with E-state index in [0.717, 1.165) is 18.9 Å². The van der Waals surface area contributed by atoms with E-state index < -0.39 is 0 Å². The molecule has 1 fully saturated rings. The number of aromatic nitrogens is 2. The molecule has 3 rings (SSSR count). The van der Waals surface area contributed by atoms with Crippen LogP contribution in [0.15, 0.2) is 35.1 Å². The van der Waals surface area contributed by atoms with E-state index >= 15 is 0 Å². The highest BCUT2D eigenvalue weighted by atomic mass is 79.9. The van der Waals surface area contributed by atoms with Gasteiger partial charge in [-0.1, -0.05) is 0 Å². The molecule has 0 spiro atoms. The quantitative estimate of drug-likeness (QED) is 0.818. The summed E-state index contributed by atoms with van der Waals surface area (Å²) < 4.78 is 11.5. The molecule has 1 aliphatic rings. The Balaban J connectivity index is 1.68. The number of methoxy groups -OCH3 is 1. The number of morpholine rings is 1. The molecule has 1 N–H and O–H groups in total. The minimum Gasteiger partial charge on any atom is -0.480 e. The van der Waals surface area contributed by atoms with Crippen molar-refractivity contribution in [3.63, 3.8) is 0 Å². The average Bonchev–Trinajstić information content (AvgIpc) is 2.61. The Morgan fingerprint density at radius 1 is 1.27 bits per heavy atom. The number of amides is 1. The van der Waals surface area contributed by atoms with Crippen LogP contribution in [-0.2, 0) is 4.74 Å². The van der Waals surface area contributed by atoms with E-state index in [1.54, 1.807) is 24.5 Å². The standard InChI is InChI=1S/C18H21BrN4O3/c1-11-9-23(10-12(2)26-11)16-5-4-13(7-20-16)17(24)22-14-6-15(19)18(25-3)21-8-14/h4-8,11-12H,9-10H2,1-3H3,(H,22,24). The van der Waals surface area contributed by atoms with E-state index in [4.69, 9.17) is 9.47 Å². The molecule has 8 heteroatoms. The van der Waals surface area contributed by atoms with Crippen LogP contribution in [0.1, 0.15) is 24.2 Å². The molecule has 2 aromatic rings. The first-order chi connectivity index (χ1) is 12.5. The fraction of sp³-hybridized carbons (Fsp3) is 0.389. The third-order valence-electron chi connectivity index (χ3n) is 4.01. The Morgan fingerprint density at radius 3 is 2.58 bits per heavy atom. The van der Waals surface area contributed by atoms with Gasteiger partial charge in [0.2, 0.25) is 5.88 Å². The van der Waals surface area contributed by atoms with Crippen molar-refractivity contribution >= 4 is 33.3 Å². The highest BCUT2D eigenvalue weighted by Gasteiger charge is 2.23. The van der Waals surface area contributed by atoms with Gasteiger partial charge in [0.05, 0.1) is 41.2 Å². The predicted molar refractivity (Wildman–Crippen MR) is 103 cm³/mol. The van der Waals surface area contributed by atoms with Crippen LogP contribution in [0.5, 0.6) is 5.88 Å². The maximum absolute atomic E-state index is 12.4. The van der Waals surface area contributed by atoms with Crippen LogP contribution in [0.25, 0.3) is 0 Å². The van der Waals surface area contributed by atoms with Gasteiger partial charge in [-0.2, -0.15) is 0 Å². The zero-order valence-corrected chi connectivity index (χ0v) is 16.5. The summed E-state index contributed by atoms with van der Waals surface area (Å²) in [6.45, 7) is 5.67. The summed E-state index contributed by atoms with van der Waals surface area (Å²) in [6.07, 6.45) is 3.44. The number of nitrogens with one attached hydrogen (secondary N) is 1. The molecule has 1 saturated heterocycles. The molecular weight excluding hydrogens is 400 g/mol. The largest absolute Gasteiger partial charge is 0.480 e. The summed E-state index contributed by atoms with van der Waals surface area (Å²) >= 11 is 3.35. The zero-order valence-electron chi connectivity index (χ0n) is 14.9. The van der Waals surface area contributed by atoms with Crippen molar-refractivity contribution in [2.75, 3.05) is 30.4 Å². The van der Waals surface area contributed by atoms with Crippen molar-refractivity contribution in [3.8, 4) is 5.88 Å². The van der Waals surface area contributed by atoms with E-state index in [0.29, 0.717) is 21.6 Å². The lowest BCUT2D eigenvalue weighted by Gasteiger charge is -2.36. The van der Waals surface area contributed by atoms with E-state index in [1.165, 1.54) is 7.11 Å². The van der Waals surface area contributed by atoms with Gasteiger partial charge in [0.25, 0.3) is 5.91 Å². The van der Waals surface area contributed by atoms with Gasteiger partial charge >= 0.3 is 0 Å². The maximum Gasteiger partial charge on any atom is 0.257 e. The smallest absolute Gasteiger partial charge is 0.257 e. The van der Waals surface area contributed by atoms with Crippen LogP contribution < -0.4 is 15.0 Å². The Bertz CT molecular complexity index is 775. The van der Waals surface area contributed by atoms with Gasteiger partial charge in [0, 0.05) is 19.3 Å². The Labute approximate surface area is 160 Å². The van der Waals surface area contributed by atoms with Crippen LogP contribution in [0.4, 0.5) is 11.5 Å². The van der Waals surface area contributed by atoms with Crippen molar-refractivity contribution in [2.45, 2.75) is 26.1 Å². The van der Waals surface area contributed by atoms with E-state index in [9.17, 15) is 4.79 Å². The summed E-state index contributed by atoms with van der Waals surface area (Å²) in [5.41, 5.74) is 1.05. The van der Waals surface area contributed by atoms with Crippen LogP contribution in [-0.4, -0.2) is 48.3 Å². The minimum atomic E-state index is -0.244. The average molecular weight is 421 g/mol. The number of halogens is 1. The number of nitrogens with zero attached hydrogens (tertiary/aromatic N) is 3. The van der Waals surface area contributed by atoms with Crippen LogP contribution >= 0.6 is 15.9 Å². The second kappa shape index (κ2) is 8.01. The van der Waals surface area contributed by atoms with E-state index in [2.05, 4.69) is 36.1 Å². The molecule has 0 bridgehead atoms. The number of rotatable bonds is 4. The first kappa shape index (κ1) is 18.6. The molecule has 3 heterocycles. The molecule has 0 aromatic carbocycles. The number of pyridine rings is 2. The summed E-state index contributed by atoms with van der Waals surface area (Å²) in [4.78, 5) is 23.1. The normalized spacial score (nSPS) is 19.9. The van der Waals surface area contributed by atoms with Crippen LogP contribution in [0.2, 0.25) is 0 Å². The van der Waals surface area contributed by atoms with E-state index in [1.807, 2.05) is 19.9 Å². The van der Waals surface area contributed by atoms with Gasteiger partial charge in [-0.3, -0.25) is 4.79 Å². The predicted octanol–water partition coefficient (Wildman–Crippen LogP) is 3.11. The Kier molecular flexibility index (Phi) is 5.73. The van der Waals surface area contributed by atoms with Crippen molar-refractivity contribution in [1.82, 2.24) is 9.97 Å². The molecule has 0 aliphatic carbocycles. The molecular formula is C18H21BrN4O3. The number of hydrogen-bond donors (Lipinski definition) is 1. The molecule has 0 radical (unpaired) electrons. The molecule has 1 amide bonds. The topological polar surface area (TPSA) is 76.6 Å². The van der Waals surface area contributed by atoms with Crippen LogP contribution in [0.3, 0.4) is 0 Å². The fourth-order valence-electron chi connectivity index (χ4n) is 2.92. The molecule has 138 valence electrons. The van der Waals surface area contributed by atoms with Crippen molar-refractivity contribution in [2.24, 2.45) is 0 Å². The molecule has 0 saturated carbocycles.